The van der Waals surface area contributed by atoms with Gasteiger partial charge in [-0.1, -0.05) is 26.2 Å². The first-order chi connectivity index (χ1) is 9.33. The standard InChI is InChI=1S/C17H26N2.BrH/c1-2-3-4-5-12-19-15-10-6-8-13(15)17(18)14-9-7-11-16(14)19;/h18H,2-12H2,1H3;1H/p-1. The fraction of sp³-hybridized carbons (Fsp3) is 0.706. The van der Waals surface area contributed by atoms with E-state index in [1.54, 1.807) is 0 Å². The van der Waals surface area contributed by atoms with Gasteiger partial charge in [0.15, 0.2) is 0 Å². The Kier molecular flexibility index (Phi) is 5.48. The maximum absolute atomic E-state index is 8.43. The van der Waals surface area contributed by atoms with Crippen LogP contribution in [0.3, 0.4) is 0 Å². The summed E-state index contributed by atoms with van der Waals surface area (Å²) in [6.07, 6.45) is 12.6. The summed E-state index contributed by atoms with van der Waals surface area (Å²) >= 11 is 0. The molecule has 20 heavy (non-hydrogen) atoms. The Morgan fingerprint density at radius 3 is 2.05 bits per heavy atom. The van der Waals surface area contributed by atoms with Crippen LogP contribution in [0.15, 0.2) is 0 Å². The molecule has 1 N–H and O–H groups in total. The van der Waals surface area contributed by atoms with Crippen molar-refractivity contribution >= 4 is 0 Å². The van der Waals surface area contributed by atoms with Crippen molar-refractivity contribution in [3.63, 3.8) is 0 Å². The maximum atomic E-state index is 8.43. The molecule has 1 aromatic heterocycles. The van der Waals surface area contributed by atoms with Crippen LogP contribution in [-0.4, -0.2) is 4.57 Å². The molecule has 2 aliphatic carbocycles. The molecule has 0 aliphatic heterocycles. The van der Waals surface area contributed by atoms with E-state index >= 15 is 0 Å². The van der Waals surface area contributed by atoms with E-state index in [9.17, 15) is 0 Å². The van der Waals surface area contributed by atoms with E-state index in [-0.39, 0.29) is 17.0 Å². The van der Waals surface area contributed by atoms with Gasteiger partial charge in [0.1, 0.15) is 0 Å². The molecule has 0 unspecified atom stereocenters. The van der Waals surface area contributed by atoms with Crippen LogP contribution < -0.4 is 22.3 Å². The van der Waals surface area contributed by atoms with Crippen LogP contribution in [0.2, 0.25) is 0 Å². The van der Waals surface area contributed by atoms with E-state index in [0.717, 1.165) is 18.2 Å². The number of fused-ring (bicyclic) bond motifs is 2. The number of hydrogen-bond acceptors (Lipinski definition) is 1. The number of pyridine rings is 1. The van der Waals surface area contributed by atoms with Gasteiger partial charge in [0.2, 0.25) is 0 Å². The van der Waals surface area contributed by atoms with Crippen molar-refractivity contribution in [3.05, 3.63) is 27.9 Å². The summed E-state index contributed by atoms with van der Waals surface area (Å²) in [6, 6.07) is 0. The van der Waals surface area contributed by atoms with Crippen LogP contribution in [0, 0.1) is 5.41 Å². The van der Waals surface area contributed by atoms with Gasteiger partial charge in [0.05, 0.1) is 5.36 Å². The molecule has 0 aromatic carbocycles. The fourth-order valence-corrected chi connectivity index (χ4v) is 3.90. The molecule has 0 radical (unpaired) electrons. The molecule has 112 valence electrons. The number of halogens is 1. The van der Waals surface area contributed by atoms with Gasteiger partial charge in [-0.25, -0.2) is 0 Å². The highest BCUT2D eigenvalue weighted by Gasteiger charge is 2.24. The van der Waals surface area contributed by atoms with E-state index in [1.165, 1.54) is 80.4 Å². The second-order valence-corrected chi connectivity index (χ2v) is 6.14. The average Bonchev–Trinajstić information content (AvgIpc) is 3.06. The minimum Gasteiger partial charge on any atom is -1.00 e. The van der Waals surface area contributed by atoms with E-state index in [0.29, 0.717) is 0 Å². The summed E-state index contributed by atoms with van der Waals surface area (Å²) in [7, 11) is 0. The maximum Gasteiger partial charge on any atom is 0.0638 e. The van der Waals surface area contributed by atoms with Gasteiger partial charge in [0, 0.05) is 17.9 Å². The van der Waals surface area contributed by atoms with Crippen molar-refractivity contribution in [2.45, 2.75) is 77.7 Å². The zero-order valence-electron chi connectivity index (χ0n) is 12.6. The lowest BCUT2D eigenvalue weighted by atomic mass is 10.1. The average molecular weight is 338 g/mol. The van der Waals surface area contributed by atoms with Gasteiger partial charge < -0.3 is 27.0 Å². The van der Waals surface area contributed by atoms with Crippen molar-refractivity contribution in [1.82, 2.24) is 4.57 Å². The Labute approximate surface area is 132 Å². The number of nitrogens with one attached hydrogen (secondary N) is 1. The second-order valence-electron chi connectivity index (χ2n) is 6.14. The number of nitrogens with zero attached hydrogens (tertiary/aromatic N) is 1. The van der Waals surface area contributed by atoms with E-state index in [1.807, 2.05) is 0 Å². The van der Waals surface area contributed by atoms with Gasteiger partial charge in [-0.15, -0.1) is 0 Å². The van der Waals surface area contributed by atoms with Crippen molar-refractivity contribution in [2.24, 2.45) is 0 Å². The highest BCUT2D eigenvalue weighted by Crippen LogP contribution is 2.27. The third kappa shape index (κ3) is 2.74. The quantitative estimate of drug-likeness (QED) is 0.759. The zero-order chi connectivity index (χ0) is 13.2. The molecule has 2 aliphatic rings. The second kappa shape index (κ2) is 6.93. The van der Waals surface area contributed by atoms with Gasteiger partial charge in [-0.05, 0) is 56.1 Å². The molecular formula is C17H26BrN2-. The first kappa shape index (κ1) is 15.8. The minimum absolute atomic E-state index is 0. The first-order valence-electron chi connectivity index (χ1n) is 8.13. The summed E-state index contributed by atoms with van der Waals surface area (Å²) in [6.45, 7) is 3.47. The molecule has 0 bridgehead atoms. The van der Waals surface area contributed by atoms with Crippen LogP contribution in [0.1, 0.15) is 68.0 Å². The van der Waals surface area contributed by atoms with Gasteiger partial charge in [-0.2, -0.15) is 0 Å². The smallest absolute Gasteiger partial charge is 0.0638 e. The summed E-state index contributed by atoms with van der Waals surface area (Å²) in [5.41, 5.74) is 5.80. The van der Waals surface area contributed by atoms with Crippen LogP contribution in [0.25, 0.3) is 0 Å². The van der Waals surface area contributed by atoms with Crippen molar-refractivity contribution in [1.29, 1.82) is 5.41 Å². The Morgan fingerprint density at radius 1 is 0.900 bits per heavy atom. The van der Waals surface area contributed by atoms with Crippen LogP contribution in [0.5, 0.6) is 0 Å². The minimum atomic E-state index is 0. The third-order valence-electron chi connectivity index (χ3n) is 4.87. The van der Waals surface area contributed by atoms with Gasteiger partial charge in [-0.3, -0.25) is 0 Å². The molecule has 2 nitrogen and oxygen atoms in total. The van der Waals surface area contributed by atoms with E-state index in [4.69, 9.17) is 5.41 Å². The Balaban J connectivity index is 0.00000147. The summed E-state index contributed by atoms with van der Waals surface area (Å²) in [5.74, 6) is 0. The Hall–Kier alpha value is -0.570. The lowest BCUT2D eigenvalue weighted by Gasteiger charge is -2.19. The topological polar surface area (TPSA) is 28.8 Å². The molecular weight excluding hydrogens is 312 g/mol. The van der Waals surface area contributed by atoms with Crippen molar-refractivity contribution in [3.8, 4) is 0 Å². The van der Waals surface area contributed by atoms with Crippen molar-refractivity contribution < 1.29 is 17.0 Å². The molecule has 0 atom stereocenters. The van der Waals surface area contributed by atoms with Crippen LogP contribution in [0.4, 0.5) is 0 Å². The molecule has 1 heterocycles. The lowest BCUT2D eigenvalue weighted by molar-refractivity contribution is -0.00000429. The fourth-order valence-electron chi connectivity index (χ4n) is 3.90. The number of hydrogen-bond donors (Lipinski definition) is 1. The lowest BCUT2D eigenvalue weighted by Crippen LogP contribution is -3.00. The molecule has 1 aromatic rings. The largest absolute Gasteiger partial charge is 1.00 e. The van der Waals surface area contributed by atoms with Gasteiger partial charge in [0.25, 0.3) is 0 Å². The molecule has 3 heteroatoms. The number of aromatic nitrogens is 1. The molecule has 0 amide bonds. The summed E-state index contributed by atoms with van der Waals surface area (Å²) < 4.78 is 2.62. The highest BCUT2D eigenvalue weighted by molar-refractivity contribution is 5.36. The van der Waals surface area contributed by atoms with Gasteiger partial charge >= 0.3 is 0 Å². The molecule has 0 saturated carbocycles. The highest BCUT2D eigenvalue weighted by atomic mass is 79.9. The number of rotatable bonds is 5. The van der Waals surface area contributed by atoms with E-state index < -0.39 is 0 Å². The predicted molar refractivity (Wildman–Crippen MR) is 78.5 cm³/mol. The Bertz CT molecular complexity index is 493. The normalized spacial score (nSPS) is 15.8. The zero-order valence-corrected chi connectivity index (χ0v) is 14.2. The van der Waals surface area contributed by atoms with Crippen LogP contribution in [-0.2, 0) is 32.2 Å². The third-order valence-corrected chi connectivity index (χ3v) is 4.87. The van der Waals surface area contributed by atoms with Crippen molar-refractivity contribution in [2.75, 3.05) is 0 Å². The number of unbranched alkanes of at least 4 members (excludes halogenated alkanes) is 3. The molecule has 0 fully saturated rings. The summed E-state index contributed by atoms with van der Waals surface area (Å²) in [5, 5.41) is 9.34. The predicted octanol–water partition coefficient (Wildman–Crippen LogP) is 0.529. The molecule has 0 saturated heterocycles. The van der Waals surface area contributed by atoms with Crippen LogP contribution >= 0.6 is 0 Å². The first-order valence-corrected chi connectivity index (χ1v) is 8.13. The monoisotopic (exact) mass is 337 g/mol. The SMILES string of the molecule is CCCCCCn1c2c(c(=N)c3c1CCC3)CCC2.[Br-]. The molecule has 3 rings (SSSR count). The molecule has 0 spiro atoms. The Morgan fingerprint density at radius 2 is 1.50 bits per heavy atom. The summed E-state index contributed by atoms with van der Waals surface area (Å²) in [4.78, 5) is 0. The van der Waals surface area contributed by atoms with E-state index in [2.05, 4.69) is 11.5 Å².